The molecule has 13 heavy (non-hydrogen) atoms. The topological polar surface area (TPSA) is 63.1 Å². The van der Waals surface area contributed by atoms with Crippen LogP contribution in [-0.4, -0.2) is 21.0 Å². The molecular weight excluding hydrogens is 168 g/mol. The summed E-state index contributed by atoms with van der Waals surface area (Å²) in [4.78, 5) is 18.7. The molecule has 0 aliphatic rings. The summed E-state index contributed by atoms with van der Waals surface area (Å²) in [6.07, 6.45) is 0.699. The van der Waals surface area contributed by atoms with Gasteiger partial charge in [0.15, 0.2) is 0 Å². The van der Waals surface area contributed by atoms with Crippen molar-refractivity contribution < 1.29 is 9.90 Å². The lowest BCUT2D eigenvalue weighted by Gasteiger charge is -2.01. The van der Waals surface area contributed by atoms with Crippen LogP contribution in [0.5, 0.6) is 0 Å². The number of hydrogen-bond donors (Lipinski definition) is 1. The number of carboxylic acids is 1. The standard InChI is InChI=1S/C9H12N2O2/c1-3-8-10-6(2)4-7(11-8)5-9(12)13/h4H,3,5H2,1-2H3,(H,12,13). The molecule has 0 saturated carbocycles. The lowest BCUT2D eigenvalue weighted by atomic mass is 10.2. The number of hydrogen-bond acceptors (Lipinski definition) is 3. The molecule has 1 N–H and O–H groups in total. The molecule has 1 rings (SSSR count). The molecule has 0 saturated heterocycles. The van der Waals surface area contributed by atoms with Crippen molar-refractivity contribution in [2.75, 3.05) is 0 Å². The highest BCUT2D eigenvalue weighted by molar-refractivity contribution is 5.69. The van der Waals surface area contributed by atoms with Crippen molar-refractivity contribution in [3.05, 3.63) is 23.3 Å². The van der Waals surface area contributed by atoms with E-state index in [0.717, 1.165) is 12.1 Å². The molecule has 1 aromatic heterocycles. The Labute approximate surface area is 76.7 Å². The highest BCUT2D eigenvalue weighted by atomic mass is 16.4. The number of aliphatic carboxylic acids is 1. The molecule has 0 unspecified atom stereocenters. The second kappa shape index (κ2) is 3.98. The van der Waals surface area contributed by atoms with Gasteiger partial charge in [-0.2, -0.15) is 0 Å². The van der Waals surface area contributed by atoms with Gasteiger partial charge in [0.2, 0.25) is 0 Å². The molecule has 0 aromatic carbocycles. The summed E-state index contributed by atoms with van der Waals surface area (Å²) < 4.78 is 0. The molecule has 4 heteroatoms. The average Bonchev–Trinajstić information content (AvgIpc) is 2.01. The first kappa shape index (κ1) is 9.64. The van der Waals surface area contributed by atoms with E-state index in [1.165, 1.54) is 0 Å². The third kappa shape index (κ3) is 2.82. The van der Waals surface area contributed by atoms with E-state index in [9.17, 15) is 4.79 Å². The first-order chi connectivity index (χ1) is 6.11. The molecule has 0 atom stereocenters. The van der Waals surface area contributed by atoms with E-state index in [-0.39, 0.29) is 6.42 Å². The van der Waals surface area contributed by atoms with E-state index in [0.29, 0.717) is 11.5 Å². The second-order valence-electron chi connectivity index (χ2n) is 2.84. The van der Waals surface area contributed by atoms with Crippen molar-refractivity contribution in [3.8, 4) is 0 Å². The highest BCUT2D eigenvalue weighted by Crippen LogP contribution is 2.02. The van der Waals surface area contributed by atoms with Crippen molar-refractivity contribution in [2.24, 2.45) is 0 Å². The van der Waals surface area contributed by atoms with Gasteiger partial charge >= 0.3 is 5.97 Å². The normalized spacial score (nSPS) is 10.0. The Kier molecular flexibility index (Phi) is 2.95. The number of carboxylic acid groups (broad SMARTS) is 1. The second-order valence-corrected chi connectivity index (χ2v) is 2.84. The van der Waals surface area contributed by atoms with Gasteiger partial charge in [0, 0.05) is 12.1 Å². The molecule has 1 aromatic rings. The van der Waals surface area contributed by atoms with E-state index in [4.69, 9.17) is 5.11 Å². The molecule has 0 radical (unpaired) electrons. The quantitative estimate of drug-likeness (QED) is 0.753. The average molecular weight is 180 g/mol. The highest BCUT2D eigenvalue weighted by Gasteiger charge is 2.04. The fourth-order valence-electron chi connectivity index (χ4n) is 1.10. The zero-order valence-electron chi connectivity index (χ0n) is 7.74. The molecule has 0 aliphatic heterocycles. The number of carbonyl (C=O) groups is 1. The van der Waals surface area contributed by atoms with Crippen LogP contribution in [0.4, 0.5) is 0 Å². The molecule has 0 spiro atoms. The first-order valence-corrected chi connectivity index (χ1v) is 4.17. The summed E-state index contributed by atoms with van der Waals surface area (Å²) >= 11 is 0. The van der Waals surface area contributed by atoms with Crippen LogP contribution in [0.3, 0.4) is 0 Å². The van der Waals surface area contributed by atoms with Gasteiger partial charge in [-0.3, -0.25) is 4.79 Å². The third-order valence-corrected chi connectivity index (χ3v) is 1.60. The molecule has 0 aliphatic carbocycles. The van der Waals surface area contributed by atoms with Crippen molar-refractivity contribution in [1.29, 1.82) is 0 Å². The molecular formula is C9H12N2O2. The maximum atomic E-state index is 10.4. The van der Waals surface area contributed by atoms with Crippen LogP contribution in [0.1, 0.15) is 24.1 Å². The Morgan fingerprint density at radius 2 is 2.23 bits per heavy atom. The van der Waals surface area contributed by atoms with Crippen LogP contribution in [0, 0.1) is 6.92 Å². The number of aryl methyl sites for hydroxylation is 2. The predicted octanol–water partition coefficient (Wildman–Crippen LogP) is 0.975. The Hall–Kier alpha value is -1.45. The van der Waals surface area contributed by atoms with Gasteiger partial charge in [-0.25, -0.2) is 9.97 Å². The minimum atomic E-state index is -0.861. The molecule has 1 heterocycles. The summed E-state index contributed by atoms with van der Waals surface area (Å²) in [6.45, 7) is 3.78. The van der Waals surface area contributed by atoms with Gasteiger partial charge < -0.3 is 5.11 Å². The van der Waals surface area contributed by atoms with Gasteiger partial charge in [0.25, 0.3) is 0 Å². The van der Waals surface area contributed by atoms with Gasteiger partial charge in [-0.15, -0.1) is 0 Å². The summed E-state index contributed by atoms with van der Waals surface area (Å²) in [5.74, 6) is -0.156. The lowest BCUT2D eigenvalue weighted by molar-refractivity contribution is -0.136. The van der Waals surface area contributed by atoms with Crippen LogP contribution in [0.15, 0.2) is 6.07 Å². The van der Waals surface area contributed by atoms with Crippen molar-refractivity contribution >= 4 is 5.97 Å². The number of nitrogens with zero attached hydrogens (tertiary/aromatic N) is 2. The lowest BCUT2D eigenvalue weighted by Crippen LogP contribution is -2.06. The van der Waals surface area contributed by atoms with E-state index in [1.807, 2.05) is 13.8 Å². The largest absolute Gasteiger partial charge is 0.481 e. The van der Waals surface area contributed by atoms with Gasteiger partial charge in [-0.1, -0.05) is 6.92 Å². The van der Waals surface area contributed by atoms with Crippen LogP contribution < -0.4 is 0 Å². The zero-order chi connectivity index (χ0) is 9.84. The van der Waals surface area contributed by atoms with Crippen LogP contribution in [-0.2, 0) is 17.6 Å². The van der Waals surface area contributed by atoms with Crippen molar-refractivity contribution in [1.82, 2.24) is 9.97 Å². The monoisotopic (exact) mass is 180 g/mol. The fourth-order valence-corrected chi connectivity index (χ4v) is 1.10. The number of aromatic nitrogens is 2. The maximum absolute atomic E-state index is 10.4. The molecule has 4 nitrogen and oxygen atoms in total. The summed E-state index contributed by atoms with van der Waals surface area (Å²) in [6, 6.07) is 1.70. The first-order valence-electron chi connectivity index (χ1n) is 4.17. The predicted molar refractivity (Wildman–Crippen MR) is 47.5 cm³/mol. The third-order valence-electron chi connectivity index (χ3n) is 1.60. The van der Waals surface area contributed by atoms with Gasteiger partial charge in [0.05, 0.1) is 12.1 Å². The van der Waals surface area contributed by atoms with Crippen LogP contribution in [0.2, 0.25) is 0 Å². The Balaban J connectivity index is 2.94. The van der Waals surface area contributed by atoms with Crippen molar-refractivity contribution in [2.45, 2.75) is 26.7 Å². The summed E-state index contributed by atoms with van der Waals surface area (Å²) in [5, 5.41) is 8.56. The smallest absolute Gasteiger partial charge is 0.309 e. The van der Waals surface area contributed by atoms with E-state index < -0.39 is 5.97 Å². The summed E-state index contributed by atoms with van der Waals surface area (Å²) in [5.41, 5.74) is 1.40. The van der Waals surface area contributed by atoms with E-state index in [1.54, 1.807) is 6.07 Å². The van der Waals surface area contributed by atoms with Crippen molar-refractivity contribution in [3.63, 3.8) is 0 Å². The fraction of sp³-hybridized carbons (Fsp3) is 0.444. The molecule has 0 bridgehead atoms. The minimum absolute atomic E-state index is 0.0314. The number of rotatable bonds is 3. The summed E-state index contributed by atoms with van der Waals surface area (Å²) in [7, 11) is 0. The zero-order valence-corrected chi connectivity index (χ0v) is 7.74. The van der Waals surface area contributed by atoms with Crippen LogP contribution >= 0.6 is 0 Å². The van der Waals surface area contributed by atoms with E-state index in [2.05, 4.69) is 9.97 Å². The van der Waals surface area contributed by atoms with E-state index >= 15 is 0 Å². The molecule has 70 valence electrons. The van der Waals surface area contributed by atoms with Gasteiger partial charge in [-0.05, 0) is 13.0 Å². The molecule has 0 fully saturated rings. The van der Waals surface area contributed by atoms with Gasteiger partial charge in [0.1, 0.15) is 5.82 Å². The minimum Gasteiger partial charge on any atom is -0.481 e. The van der Waals surface area contributed by atoms with Crippen LogP contribution in [0.25, 0.3) is 0 Å². The Bertz CT molecular complexity index is 323. The maximum Gasteiger partial charge on any atom is 0.309 e. The Morgan fingerprint density at radius 1 is 1.54 bits per heavy atom. The Morgan fingerprint density at radius 3 is 2.77 bits per heavy atom. The molecule has 0 amide bonds. The SMILES string of the molecule is CCc1nc(C)cc(CC(=O)O)n1.